The van der Waals surface area contributed by atoms with Gasteiger partial charge in [-0.05, 0) is 62.1 Å². The number of urea groups is 1. The number of likely N-dealkylation sites (tertiary alicyclic amines) is 1. The topological polar surface area (TPSA) is 51.2 Å². The number of rotatable bonds is 5. The van der Waals surface area contributed by atoms with Crippen molar-refractivity contribution in [2.45, 2.75) is 63.1 Å². The monoisotopic (exact) mass is 495 g/mol. The Balaban J connectivity index is 1.49. The summed E-state index contributed by atoms with van der Waals surface area (Å²) in [6, 6.07) is 11.6. The van der Waals surface area contributed by atoms with Crippen LogP contribution in [0.15, 0.2) is 47.5 Å². The van der Waals surface area contributed by atoms with Gasteiger partial charge >= 0.3 is 6.03 Å². The summed E-state index contributed by atoms with van der Waals surface area (Å²) in [5, 5.41) is 3.01. The van der Waals surface area contributed by atoms with E-state index in [0.717, 1.165) is 56.9 Å². The third-order valence-electron chi connectivity index (χ3n) is 7.70. The number of aliphatic imine (C=N–C) groups is 1. The standard InChI is InChI=1S/C28H35F2N5O/c1-33(2)24-11-9-20(10-12-24)18-34-14-6-13-28(19-34)26(31-23-7-4-3-5-8-23)32-27(36)35(28)25-16-21(29)15-22(30)17-25/h9-12,15-17,23H,3-8,13-14,18-19H2,1-2H3,(H,31,32,36). The van der Waals surface area contributed by atoms with Crippen LogP contribution >= 0.6 is 0 Å². The van der Waals surface area contributed by atoms with Crippen molar-refractivity contribution in [3.8, 4) is 0 Å². The van der Waals surface area contributed by atoms with Crippen molar-refractivity contribution in [1.29, 1.82) is 0 Å². The van der Waals surface area contributed by atoms with Gasteiger partial charge in [-0.3, -0.25) is 20.1 Å². The van der Waals surface area contributed by atoms with Crippen molar-refractivity contribution >= 4 is 23.2 Å². The summed E-state index contributed by atoms with van der Waals surface area (Å²) in [7, 11) is 4.04. The van der Waals surface area contributed by atoms with Crippen molar-refractivity contribution in [2.24, 2.45) is 4.99 Å². The van der Waals surface area contributed by atoms with Crippen LogP contribution in [0.5, 0.6) is 0 Å². The smallest absolute Gasteiger partial charge is 0.328 e. The molecule has 1 saturated carbocycles. The zero-order valence-electron chi connectivity index (χ0n) is 21.1. The number of amidine groups is 1. The Labute approximate surface area is 212 Å². The lowest BCUT2D eigenvalue weighted by Gasteiger charge is -2.44. The first kappa shape index (κ1) is 24.7. The minimum absolute atomic E-state index is 0.170. The summed E-state index contributed by atoms with van der Waals surface area (Å²) in [4.78, 5) is 24.4. The number of anilines is 2. The van der Waals surface area contributed by atoms with Gasteiger partial charge in [0.05, 0.1) is 11.7 Å². The Morgan fingerprint density at radius 3 is 2.39 bits per heavy atom. The molecule has 3 aliphatic rings. The number of nitrogens with zero attached hydrogens (tertiary/aromatic N) is 4. The van der Waals surface area contributed by atoms with Crippen molar-refractivity contribution < 1.29 is 13.6 Å². The first-order valence-electron chi connectivity index (χ1n) is 13.0. The number of hydrogen-bond acceptors (Lipinski definition) is 4. The van der Waals surface area contributed by atoms with Crippen LogP contribution in [0, 0.1) is 11.6 Å². The number of hydrogen-bond donors (Lipinski definition) is 1. The highest BCUT2D eigenvalue weighted by Crippen LogP contribution is 2.38. The number of carbonyl (C=O) groups excluding carboxylic acids is 1. The SMILES string of the molecule is CN(C)c1ccc(CN2CCCC3(C2)C(=NC2CCCCC2)NC(=O)N3c2cc(F)cc(F)c2)cc1. The third-order valence-corrected chi connectivity index (χ3v) is 7.70. The quantitative estimate of drug-likeness (QED) is 0.610. The molecule has 0 radical (unpaired) electrons. The largest absolute Gasteiger partial charge is 0.378 e. The van der Waals surface area contributed by atoms with Crippen LogP contribution in [-0.2, 0) is 6.54 Å². The number of amides is 2. The molecule has 1 aliphatic carbocycles. The maximum atomic E-state index is 14.2. The number of benzene rings is 2. The fraction of sp³-hybridized carbons (Fsp3) is 0.500. The van der Waals surface area contributed by atoms with Gasteiger partial charge < -0.3 is 4.90 Å². The predicted molar refractivity (Wildman–Crippen MR) is 140 cm³/mol. The summed E-state index contributed by atoms with van der Waals surface area (Å²) in [5.74, 6) is -0.741. The normalized spacial score (nSPS) is 24.5. The van der Waals surface area contributed by atoms with E-state index in [1.54, 1.807) is 4.90 Å². The van der Waals surface area contributed by atoms with E-state index < -0.39 is 17.2 Å². The van der Waals surface area contributed by atoms with Gasteiger partial charge in [-0.2, -0.15) is 0 Å². The van der Waals surface area contributed by atoms with E-state index in [1.165, 1.54) is 24.1 Å². The molecule has 2 heterocycles. The van der Waals surface area contributed by atoms with Crippen molar-refractivity contribution in [3.63, 3.8) is 0 Å². The van der Waals surface area contributed by atoms with Crippen LogP contribution in [0.4, 0.5) is 25.0 Å². The highest BCUT2D eigenvalue weighted by Gasteiger charge is 2.54. The molecular formula is C28H35F2N5O. The molecule has 2 aromatic carbocycles. The van der Waals surface area contributed by atoms with Gasteiger partial charge in [0.15, 0.2) is 0 Å². The highest BCUT2D eigenvalue weighted by molar-refractivity contribution is 6.19. The van der Waals surface area contributed by atoms with E-state index >= 15 is 0 Å². The third kappa shape index (κ3) is 4.96. The second kappa shape index (κ2) is 10.2. The molecule has 36 heavy (non-hydrogen) atoms. The molecule has 192 valence electrons. The fourth-order valence-electron chi connectivity index (χ4n) is 5.94. The summed E-state index contributed by atoms with van der Waals surface area (Å²) >= 11 is 0. The maximum absolute atomic E-state index is 14.2. The molecule has 2 aromatic rings. The van der Waals surface area contributed by atoms with Crippen molar-refractivity contribution in [3.05, 3.63) is 59.7 Å². The Morgan fingerprint density at radius 2 is 1.72 bits per heavy atom. The van der Waals surface area contributed by atoms with Gasteiger partial charge in [-0.25, -0.2) is 13.6 Å². The van der Waals surface area contributed by atoms with E-state index in [1.807, 2.05) is 14.1 Å². The molecule has 2 aliphatic heterocycles. The molecule has 2 saturated heterocycles. The lowest BCUT2D eigenvalue weighted by Crippen LogP contribution is -2.60. The van der Waals surface area contributed by atoms with Crippen LogP contribution in [0.3, 0.4) is 0 Å². The Kier molecular flexibility index (Phi) is 6.97. The zero-order chi connectivity index (χ0) is 25.3. The van der Waals surface area contributed by atoms with Gasteiger partial charge in [0.1, 0.15) is 23.0 Å². The molecule has 2 amide bonds. The van der Waals surface area contributed by atoms with Crippen LogP contribution in [0.25, 0.3) is 0 Å². The molecule has 1 unspecified atom stereocenters. The van der Waals surface area contributed by atoms with Gasteiger partial charge in [0.25, 0.3) is 0 Å². The summed E-state index contributed by atoms with van der Waals surface area (Å²) in [5.41, 5.74) is 1.78. The van der Waals surface area contributed by atoms with Crippen LogP contribution in [0.2, 0.25) is 0 Å². The minimum Gasteiger partial charge on any atom is -0.378 e. The molecule has 1 N–H and O–H groups in total. The van der Waals surface area contributed by atoms with E-state index in [0.29, 0.717) is 18.8 Å². The van der Waals surface area contributed by atoms with Gasteiger partial charge in [-0.15, -0.1) is 0 Å². The lowest BCUT2D eigenvalue weighted by molar-refractivity contribution is 0.176. The van der Waals surface area contributed by atoms with Gasteiger partial charge in [-0.1, -0.05) is 31.4 Å². The Morgan fingerprint density at radius 1 is 1.03 bits per heavy atom. The first-order valence-corrected chi connectivity index (χ1v) is 13.0. The van der Waals surface area contributed by atoms with E-state index in [-0.39, 0.29) is 17.8 Å². The molecule has 0 aromatic heterocycles. The summed E-state index contributed by atoms with van der Waals surface area (Å²) < 4.78 is 28.5. The Bertz CT molecular complexity index is 1110. The minimum atomic E-state index is -0.781. The second-order valence-electron chi connectivity index (χ2n) is 10.6. The van der Waals surface area contributed by atoms with E-state index in [9.17, 15) is 13.6 Å². The maximum Gasteiger partial charge on any atom is 0.328 e. The predicted octanol–water partition coefficient (Wildman–Crippen LogP) is 5.33. The zero-order valence-corrected chi connectivity index (χ0v) is 21.1. The molecular weight excluding hydrogens is 460 g/mol. The van der Waals surface area contributed by atoms with Gasteiger partial charge in [0.2, 0.25) is 0 Å². The number of halogens is 2. The molecule has 5 rings (SSSR count). The highest BCUT2D eigenvalue weighted by atomic mass is 19.1. The number of piperidine rings is 1. The van der Waals surface area contributed by atoms with E-state index in [2.05, 4.69) is 39.4 Å². The lowest BCUT2D eigenvalue weighted by atomic mass is 9.85. The average molecular weight is 496 g/mol. The first-order chi connectivity index (χ1) is 17.3. The summed E-state index contributed by atoms with van der Waals surface area (Å²) in [6.07, 6.45) is 7.03. The van der Waals surface area contributed by atoms with Crippen LogP contribution in [-0.4, -0.2) is 55.5 Å². The number of nitrogens with one attached hydrogen (secondary N) is 1. The Hall–Kier alpha value is -3.00. The molecule has 1 atom stereocenters. The molecule has 0 bridgehead atoms. The molecule has 3 fully saturated rings. The fourth-order valence-corrected chi connectivity index (χ4v) is 5.94. The van der Waals surface area contributed by atoms with Crippen molar-refractivity contribution in [1.82, 2.24) is 10.2 Å². The number of carbonyl (C=O) groups is 1. The molecule has 8 heteroatoms. The van der Waals surface area contributed by atoms with Crippen molar-refractivity contribution in [2.75, 3.05) is 37.0 Å². The van der Waals surface area contributed by atoms with Crippen LogP contribution in [0.1, 0.15) is 50.5 Å². The summed E-state index contributed by atoms with van der Waals surface area (Å²) in [6.45, 7) is 2.16. The van der Waals surface area contributed by atoms with E-state index in [4.69, 9.17) is 4.99 Å². The average Bonchev–Trinajstić information content (AvgIpc) is 3.09. The van der Waals surface area contributed by atoms with Crippen LogP contribution < -0.4 is 15.1 Å². The van der Waals surface area contributed by atoms with Gasteiger partial charge in [0, 0.05) is 38.9 Å². The molecule has 6 nitrogen and oxygen atoms in total. The second-order valence-corrected chi connectivity index (χ2v) is 10.6. The molecule has 1 spiro atoms.